The first-order valence-electron chi connectivity index (χ1n) is 6.65. The zero-order valence-electron chi connectivity index (χ0n) is 10.9. The number of nitrogens with one attached hydrogen (secondary N) is 1. The van der Waals surface area contributed by atoms with Gasteiger partial charge in [0.05, 0.1) is 5.56 Å². The van der Waals surface area contributed by atoms with Crippen molar-refractivity contribution in [1.82, 2.24) is 10.3 Å². The third-order valence-electron chi connectivity index (χ3n) is 3.52. The van der Waals surface area contributed by atoms with Crippen LogP contribution in [0.25, 0.3) is 0 Å². The molecule has 2 unspecified atom stereocenters. The molecule has 2 atom stereocenters. The monoisotopic (exact) mass is 247 g/mol. The fourth-order valence-electron chi connectivity index (χ4n) is 2.45. The molecule has 1 saturated carbocycles. The van der Waals surface area contributed by atoms with Gasteiger partial charge in [0.1, 0.15) is 0 Å². The third kappa shape index (κ3) is 3.29. The zero-order valence-corrected chi connectivity index (χ0v) is 10.9. The molecular formula is C14H21N3O. The summed E-state index contributed by atoms with van der Waals surface area (Å²) in [5, 5.41) is 3.05. The van der Waals surface area contributed by atoms with E-state index in [1.54, 1.807) is 12.4 Å². The van der Waals surface area contributed by atoms with E-state index in [4.69, 9.17) is 5.73 Å². The summed E-state index contributed by atoms with van der Waals surface area (Å²) in [4.78, 5) is 16.2. The largest absolute Gasteiger partial charge is 0.348 e. The van der Waals surface area contributed by atoms with Crippen LogP contribution in [-0.2, 0) is 0 Å². The summed E-state index contributed by atoms with van der Waals surface area (Å²) in [5.41, 5.74) is 7.72. The summed E-state index contributed by atoms with van der Waals surface area (Å²) in [5.74, 6) is -0.0615. The number of pyridine rings is 1. The number of carbonyl (C=O) groups excluding carboxylic acids is 1. The number of aryl methyl sites for hydroxylation is 1. The molecule has 4 heteroatoms. The van der Waals surface area contributed by atoms with Crippen LogP contribution in [0.3, 0.4) is 0 Å². The first kappa shape index (κ1) is 13.0. The highest BCUT2D eigenvalue weighted by atomic mass is 16.1. The lowest BCUT2D eigenvalue weighted by molar-refractivity contribution is 0.0928. The molecule has 1 aliphatic rings. The predicted octanol–water partition coefficient (Wildman–Crippen LogP) is 1.78. The van der Waals surface area contributed by atoms with Gasteiger partial charge in [-0.25, -0.2) is 0 Å². The van der Waals surface area contributed by atoms with Gasteiger partial charge in [0.15, 0.2) is 0 Å². The molecule has 0 radical (unpaired) electrons. The number of rotatable bonds is 2. The predicted molar refractivity (Wildman–Crippen MR) is 71.3 cm³/mol. The van der Waals surface area contributed by atoms with Crippen molar-refractivity contribution in [2.24, 2.45) is 5.73 Å². The minimum absolute atomic E-state index is 0.0615. The Balaban J connectivity index is 2.01. The fraction of sp³-hybridized carbons (Fsp3) is 0.571. The molecule has 1 aromatic rings. The SMILES string of the molecule is Cc1cncc(C(=O)NC2CCCCCC2N)c1. The minimum atomic E-state index is -0.0615. The van der Waals surface area contributed by atoms with E-state index in [1.165, 1.54) is 12.8 Å². The fourth-order valence-corrected chi connectivity index (χ4v) is 2.45. The Bertz CT molecular complexity index is 419. The summed E-state index contributed by atoms with van der Waals surface area (Å²) in [7, 11) is 0. The van der Waals surface area contributed by atoms with E-state index in [1.807, 2.05) is 13.0 Å². The van der Waals surface area contributed by atoms with E-state index in [9.17, 15) is 4.79 Å². The molecule has 3 N–H and O–H groups in total. The van der Waals surface area contributed by atoms with Gasteiger partial charge in [-0.3, -0.25) is 9.78 Å². The second-order valence-corrected chi connectivity index (χ2v) is 5.13. The van der Waals surface area contributed by atoms with Crippen LogP contribution in [0.15, 0.2) is 18.5 Å². The highest BCUT2D eigenvalue weighted by Crippen LogP contribution is 2.17. The maximum Gasteiger partial charge on any atom is 0.253 e. The second kappa shape index (κ2) is 5.96. The van der Waals surface area contributed by atoms with Crippen molar-refractivity contribution in [1.29, 1.82) is 0 Å². The molecule has 98 valence electrons. The van der Waals surface area contributed by atoms with Crippen LogP contribution in [-0.4, -0.2) is 23.0 Å². The molecule has 2 rings (SSSR count). The average molecular weight is 247 g/mol. The van der Waals surface area contributed by atoms with Crippen LogP contribution in [0.1, 0.15) is 48.0 Å². The van der Waals surface area contributed by atoms with Crippen molar-refractivity contribution < 1.29 is 4.79 Å². The summed E-state index contributed by atoms with van der Waals surface area (Å²) >= 11 is 0. The Hall–Kier alpha value is -1.42. The normalized spacial score (nSPS) is 24.3. The molecule has 0 saturated heterocycles. The quantitative estimate of drug-likeness (QED) is 0.783. The van der Waals surface area contributed by atoms with Gasteiger partial charge < -0.3 is 11.1 Å². The summed E-state index contributed by atoms with van der Waals surface area (Å²) < 4.78 is 0. The van der Waals surface area contributed by atoms with Crippen LogP contribution in [0, 0.1) is 6.92 Å². The zero-order chi connectivity index (χ0) is 13.0. The lowest BCUT2D eigenvalue weighted by Crippen LogP contribution is -2.46. The van der Waals surface area contributed by atoms with Crippen LogP contribution < -0.4 is 11.1 Å². The highest BCUT2D eigenvalue weighted by molar-refractivity contribution is 5.94. The van der Waals surface area contributed by atoms with Gasteiger partial charge >= 0.3 is 0 Å². The van der Waals surface area contributed by atoms with Gasteiger partial charge in [-0.15, -0.1) is 0 Å². The maximum atomic E-state index is 12.1. The topological polar surface area (TPSA) is 68.0 Å². The maximum absolute atomic E-state index is 12.1. The molecule has 1 aromatic heterocycles. The Morgan fingerprint density at radius 3 is 2.89 bits per heavy atom. The van der Waals surface area contributed by atoms with E-state index >= 15 is 0 Å². The number of carbonyl (C=O) groups is 1. The van der Waals surface area contributed by atoms with Crippen LogP contribution in [0.4, 0.5) is 0 Å². The van der Waals surface area contributed by atoms with Gasteiger partial charge in [0, 0.05) is 24.5 Å². The number of hydrogen-bond donors (Lipinski definition) is 2. The molecule has 0 spiro atoms. The number of nitrogens with two attached hydrogens (primary N) is 1. The third-order valence-corrected chi connectivity index (χ3v) is 3.52. The van der Waals surface area contributed by atoms with Gasteiger partial charge in [-0.1, -0.05) is 19.3 Å². The molecule has 1 heterocycles. The van der Waals surface area contributed by atoms with Crippen molar-refractivity contribution in [2.45, 2.75) is 51.1 Å². The number of amides is 1. The standard InChI is InChI=1S/C14H21N3O/c1-10-7-11(9-16-8-10)14(18)17-13-6-4-2-3-5-12(13)15/h7-9,12-13H,2-6,15H2,1H3,(H,17,18). The second-order valence-electron chi connectivity index (χ2n) is 5.13. The molecule has 1 aliphatic carbocycles. The first-order chi connectivity index (χ1) is 8.66. The van der Waals surface area contributed by atoms with E-state index in [2.05, 4.69) is 10.3 Å². The molecule has 1 fully saturated rings. The van der Waals surface area contributed by atoms with Crippen LogP contribution >= 0.6 is 0 Å². The highest BCUT2D eigenvalue weighted by Gasteiger charge is 2.22. The van der Waals surface area contributed by atoms with Crippen molar-refractivity contribution in [3.05, 3.63) is 29.6 Å². The van der Waals surface area contributed by atoms with Crippen molar-refractivity contribution in [3.63, 3.8) is 0 Å². The van der Waals surface area contributed by atoms with Gasteiger partial charge in [-0.05, 0) is 31.4 Å². The molecule has 1 amide bonds. The van der Waals surface area contributed by atoms with E-state index < -0.39 is 0 Å². The van der Waals surface area contributed by atoms with Crippen LogP contribution in [0.2, 0.25) is 0 Å². The number of aromatic nitrogens is 1. The van der Waals surface area contributed by atoms with Crippen molar-refractivity contribution >= 4 is 5.91 Å². The van der Waals surface area contributed by atoms with Crippen molar-refractivity contribution in [3.8, 4) is 0 Å². The average Bonchev–Trinajstić information content (AvgIpc) is 2.55. The van der Waals surface area contributed by atoms with Crippen LogP contribution in [0.5, 0.6) is 0 Å². The molecule has 18 heavy (non-hydrogen) atoms. The first-order valence-corrected chi connectivity index (χ1v) is 6.65. The Morgan fingerprint density at radius 2 is 2.11 bits per heavy atom. The lowest BCUT2D eigenvalue weighted by atomic mass is 10.0. The van der Waals surface area contributed by atoms with E-state index in [0.717, 1.165) is 24.8 Å². The summed E-state index contributed by atoms with van der Waals surface area (Å²) in [6.07, 6.45) is 8.85. The number of hydrogen-bond acceptors (Lipinski definition) is 3. The molecular weight excluding hydrogens is 226 g/mol. The van der Waals surface area contributed by atoms with E-state index in [-0.39, 0.29) is 18.0 Å². The molecule has 0 aliphatic heterocycles. The Kier molecular flexibility index (Phi) is 4.31. The van der Waals surface area contributed by atoms with Gasteiger partial charge in [-0.2, -0.15) is 0 Å². The molecule has 4 nitrogen and oxygen atoms in total. The number of nitrogens with zero attached hydrogens (tertiary/aromatic N) is 1. The Labute approximate surface area is 108 Å². The van der Waals surface area contributed by atoms with E-state index in [0.29, 0.717) is 5.56 Å². The van der Waals surface area contributed by atoms with Gasteiger partial charge in [0.25, 0.3) is 5.91 Å². The van der Waals surface area contributed by atoms with Crippen molar-refractivity contribution in [2.75, 3.05) is 0 Å². The lowest BCUT2D eigenvalue weighted by Gasteiger charge is -2.22. The molecule has 0 bridgehead atoms. The summed E-state index contributed by atoms with van der Waals surface area (Å²) in [6.45, 7) is 1.93. The Morgan fingerprint density at radius 1 is 1.33 bits per heavy atom. The van der Waals surface area contributed by atoms with Gasteiger partial charge in [0.2, 0.25) is 0 Å². The minimum Gasteiger partial charge on any atom is -0.348 e. The summed E-state index contributed by atoms with van der Waals surface area (Å²) in [6, 6.07) is 2.03. The smallest absolute Gasteiger partial charge is 0.253 e. The molecule has 0 aromatic carbocycles.